The average molecular weight is 314 g/mol. The van der Waals surface area contributed by atoms with Gasteiger partial charge in [-0.25, -0.2) is 8.78 Å². The molecule has 0 aliphatic heterocycles. The molecule has 0 aliphatic rings. The zero-order chi connectivity index (χ0) is 16.6. The van der Waals surface area contributed by atoms with Crippen molar-refractivity contribution in [2.45, 2.75) is 19.3 Å². The molecule has 5 heteroatoms. The van der Waals surface area contributed by atoms with Gasteiger partial charge in [-0.05, 0) is 37.6 Å². The van der Waals surface area contributed by atoms with Crippen molar-refractivity contribution in [3.63, 3.8) is 0 Å². The minimum atomic E-state index is -0.993. The van der Waals surface area contributed by atoms with E-state index in [0.29, 0.717) is 0 Å². The van der Waals surface area contributed by atoms with Gasteiger partial charge >= 0.3 is 0 Å². The van der Waals surface area contributed by atoms with Crippen molar-refractivity contribution in [1.82, 2.24) is 4.98 Å². The molecule has 3 rings (SSSR count). The van der Waals surface area contributed by atoms with E-state index in [1.54, 1.807) is 20.0 Å². The summed E-state index contributed by atoms with van der Waals surface area (Å²) < 4.78 is 26.3. The van der Waals surface area contributed by atoms with Crippen LogP contribution < -0.4 is 5.32 Å². The lowest BCUT2D eigenvalue weighted by molar-refractivity contribution is -0.120. The summed E-state index contributed by atoms with van der Waals surface area (Å²) in [7, 11) is 0. The number of fused-ring (bicyclic) bond motifs is 1. The lowest BCUT2D eigenvalue weighted by Crippen LogP contribution is -2.34. The van der Waals surface area contributed by atoms with Crippen molar-refractivity contribution >= 4 is 22.5 Å². The second-order valence-electron chi connectivity index (χ2n) is 5.96. The number of hydrogen-bond donors (Lipinski definition) is 2. The topological polar surface area (TPSA) is 44.9 Å². The molecule has 2 aromatic carbocycles. The Labute approximate surface area is 132 Å². The summed E-state index contributed by atoms with van der Waals surface area (Å²) >= 11 is 0. The van der Waals surface area contributed by atoms with Crippen LogP contribution >= 0.6 is 0 Å². The van der Waals surface area contributed by atoms with Crippen LogP contribution in [-0.4, -0.2) is 10.9 Å². The number of para-hydroxylation sites is 1. The Bertz CT molecular complexity index is 884. The second-order valence-corrected chi connectivity index (χ2v) is 5.96. The minimum Gasteiger partial charge on any atom is -0.361 e. The molecule has 0 spiro atoms. The SMILES string of the molecule is CC(C)(C(=O)Nc1ccc(F)c(F)c1)c1c[nH]c2ccccc12. The molecule has 3 aromatic rings. The largest absolute Gasteiger partial charge is 0.361 e. The molecule has 118 valence electrons. The molecule has 0 bridgehead atoms. The molecule has 1 aromatic heterocycles. The fourth-order valence-corrected chi connectivity index (χ4v) is 2.57. The van der Waals surface area contributed by atoms with Crippen molar-refractivity contribution in [1.29, 1.82) is 0 Å². The van der Waals surface area contributed by atoms with Crippen LogP contribution in [0.15, 0.2) is 48.7 Å². The van der Waals surface area contributed by atoms with Gasteiger partial charge in [0.2, 0.25) is 5.91 Å². The normalized spacial score (nSPS) is 11.7. The summed E-state index contributed by atoms with van der Waals surface area (Å²) in [5.41, 5.74) is 1.16. The summed E-state index contributed by atoms with van der Waals surface area (Å²) in [6.45, 7) is 3.58. The first-order valence-electron chi connectivity index (χ1n) is 7.22. The maximum absolute atomic E-state index is 13.3. The first-order valence-corrected chi connectivity index (χ1v) is 7.22. The number of carbonyl (C=O) groups excluding carboxylic acids is 1. The van der Waals surface area contributed by atoms with Crippen molar-refractivity contribution < 1.29 is 13.6 Å². The first kappa shape index (κ1) is 15.2. The molecular weight excluding hydrogens is 298 g/mol. The van der Waals surface area contributed by atoms with Crippen molar-refractivity contribution in [2.75, 3.05) is 5.32 Å². The Morgan fingerprint density at radius 1 is 1.09 bits per heavy atom. The van der Waals surface area contributed by atoms with Crippen LogP contribution in [0, 0.1) is 11.6 Å². The number of amides is 1. The number of halogens is 2. The molecule has 0 atom stereocenters. The smallest absolute Gasteiger partial charge is 0.234 e. The Kier molecular flexibility index (Phi) is 3.64. The van der Waals surface area contributed by atoms with Crippen LogP contribution in [0.25, 0.3) is 10.9 Å². The number of rotatable bonds is 3. The number of nitrogens with one attached hydrogen (secondary N) is 2. The maximum Gasteiger partial charge on any atom is 0.234 e. The minimum absolute atomic E-state index is 0.224. The van der Waals surface area contributed by atoms with Crippen molar-refractivity contribution in [3.8, 4) is 0 Å². The summed E-state index contributed by atoms with van der Waals surface area (Å²) in [5, 5.41) is 3.60. The van der Waals surface area contributed by atoms with Gasteiger partial charge in [0.05, 0.1) is 5.41 Å². The number of H-pyrrole nitrogens is 1. The van der Waals surface area contributed by atoms with E-state index in [0.717, 1.165) is 28.6 Å². The molecule has 0 saturated heterocycles. The van der Waals surface area contributed by atoms with Gasteiger partial charge < -0.3 is 10.3 Å². The summed E-state index contributed by atoms with van der Waals surface area (Å²) in [6, 6.07) is 11.0. The number of anilines is 1. The van der Waals surface area contributed by atoms with Crippen LogP contribution in [-0.2, 0) is 10.2 Å². The third-order valence-corrected chi connectivity index (χ3v) is 4.01. The van der Waals surface area contributed by atoms with E-state index < -0.39 is 17.0 Å². The molecule has 0 saturated carbocycles. The third-order valence-electron chi connectivity index (χ3n) is 4.01. The molecule has 1 amide bonds. The molecule has 23 heavy (non-hydrogen) atoms. The first-order chi connectivity index (χ1) is 10.9. The van der Waals surface area contributed by atoms with Gasteiger partial charge in [0.1, 0.15) is 0 Å². The molecular formula is C18H16F2N2O. The molecule has 1 heterocycles. The third kappa shape index (κ3) is 2.70. The van der Waals surface area contributed by atoms with E-state index in [1.165, 1.54) is 6.07 Å². The summed E-state index contributed by atoms with van der Waals surface area (Å²) in [4.78, 5) is 15.8. The van der Waals surface area contributed by atoms with Gasteiger partial charge in [-0.2, -0.15) is 0 Å². The highest BCUT2D eigenvalue weighted by molar-refractivity contribution is 6.01. The lowest BCUT2D eigenvalue weighted by atomic mass is 9.83. The van der Waals surface area contributed by atoms with E-state index >= 15 is 0 Å². The Morgan fingerprint density at radius 2 is 1.83 bits per heavy atom. The van der Waals surface area contributed by atoms with Gasteiger partial charge in [0, 0.05) is 28.9 Å². The van der Waals surface area contributed by atoms with E-state index in [1.807, 2.05) is 24.3 Å². The predicted octanol–water partition coefficient (Wildman–Crippen LogP) is 4.36. The second kappa shape index (κ2) is 5.50. The van der Waals surface area contributed by atoms with Gasteiger partial charge in [-0.1, -0.05) is 18.2 Å². The summed E-state index contributed by atoms with van der Waals surface area (Å²) in [5.74, 6) is -2.24. The quantitative estimate of drug-likeness (QED) is 0.741. The molecule has 0 fully saturated rings. The van der Waals surface area contributed by atoms with E-state index in [2.05, 4.69) is 10.3 Å². The number of hydrogen-bond acceptors (Lipinski definition) is 1. The number of aromatic nitrogens is 1. The summed E-state index contributed by atoms with van der Waals surface area (Å²) in [6.07, 6.45) is 1.80. The van der Waals surface area contributed by atoms with Gasteiger partial charge in [-0.15, -0.1) is 0 Å². The Morgan fingerprint density at radius 3 is 2.57 bits per heavy atom. The fraction of sp³-hybridized carbons (Fsp3) is 0.167. The standard InChI is InChI=1S/C18H16F2N2O/c1-18(2,13-10-21-16-6-4-3-5-12(13)16)17(23)22-11-7-8-14(19)15(20)9-11/h3-10,21H,1-2H3,(H,22,23). The number of carbonyl (C=O) groups is 1. The Balaban J connectivity index is 1.92. The highest BCUT2D eigenvalue weighted by Crippen LogP contribution is 2.31. The highest BCUT2D eigenvalue weighted by atomic mass is 19.2. The van der Waals surface area contributed by atoms with Crippen LogP contribution in [0.2, 0.25) is 0 Å². The van der Waals surface area contributed by atoms with Crippen LogP contribution in [0.4, 0.5) is 14.5 Å². The molecule has 0 unspecified atom stereocenters. The fourth-order valence-electron chi connectivity index (χ4n) is 2.57. The number of aromatic amines is 1. The van der Waals surface area contributed by atoms with E-state index in [4.69, 9.17) is 0 Å². The predicted molar refractivity (Wildman–Crippen MR) is 86.3 cm³/mol. The van der Waals surface area contributed by atoms with Gasteiger partial charge in [0.25, 0.3) is 0 Å². The zero-order valence-corrected chi connectivity index (χ0v) is 12.8. The number of benzene rings is 2. The molecule has 2 N–H and O–H groups in total. The Hall–Kier alpha value is -2.69. The molecule has 0 aliphatic carbocycles. The van der Waals surface area contributed by atoms with Crippen molar-refractivity contribution in [2.24, 2.45) is 0 Å². The van der Waals surface area contributed by atoms with Gasteiger partial charge in [-0.3, -0.25) is 4.79 Å². The van der Waals surface area contributed by atoms with Crippen molar-refractivity contribution in [3.05, 3.63) is 65.9 Å². The van der Waals surface area contributed by atoms with Crippen LogP contribution in [0.1, 0.15) is 19.4 Å². The van der Waals surface area contributed by atoms with E-state index in [9.17, 15) is 13.6 Å². The molecule has 3 nitrogen and oxygen atoms in total. The van der Waals surface area contributed by atoms with Crippen LogP contribution in [0.5, 0.6) is 0 Å². The maximum atomic E-state index is 13.3. The average Bonchev–Trinajstić information content (AvgIpc) is 2.95. The monoisotopic (exact) mass is 314 g/mol. The van der Waals surface area contributed by atoms with Gasteiger partial charge in [0.15, 0.2) is 11.6 Å². The zero-order valence-electron chi connectivity index (χ0n) is 12.8. The highest BCUT2D eigenvalue weighted by Gasteiger charge is 2.32. The van der Waals surface area contributed by atoms with E-state index in [-0.39, 0.29) is 11.6 Å². The van der Waals surface area contributed by atoms with Crippen LogP contribution in [0.3, 0.4) is 0 Å². The molecule has 0 radical (unpaired) electrons. The lowest BCUT2D eigenvalue weighted by Gasteiger charge is -2.23.